The number of ether oxygens (including phenoxy) is 1. The highest BCUT2D eigenvalue weighted by Gasteiger charge is 2.14. The molecule has 0 spiro atoms. The molecule has 0 aliphatic carbocycles. The molecule has 0 radical (unpaired) electrons. The van der Waals surface area contributed by atoms with E-state index in [-0.39, 0.29) is 24.8 Å². The van der Waals surface area contributed by atoms with Crippen LogP contribution in [0.3, 0.4) is 0 Å². The number of aromatic nitrogens is 2. The number of carbonyl (C=O) groups excluding carboxylic acids is 1. The van der Waals surface area contributed by atoms with Gasteiger partial charge in [-0.1, -0.05) is 29.8 Å². The molecule has 1 aromatic carbocycles. The van der Waals surface area contributed by atoms with Gasteiger partial charge in [0.2, 0.25) is 0 Å². The highest BCUT2D eigenvalue weighted by molar-refractivity contribution is 6.31. The van der Waals surface area contributed by atoms with Crippen LogP contribution < -0.4 is 10.1 Å². The molecule has 0 saturated carbocycles. The van der Waals surface area contributed by atoms with Crippen molar-refractivity contribution in [3.8, 4) is 5.75 Å². The Morgan fingerprint density at radius 3 is 2.88 bits per heavy atom. The average molecular weight is 374 g/mol. The molecule has 2 aromatic heterocycles. The normalized spacial score (nSPS) is 10.7. The molecular formula is C19H20ClN3O3. The Balaban J connectivity index is 1.58. The van der Waals surface area contributed by atoms with Crippen molar-refractivity contribution >= 4 is 17.5 Å². The second-order valence-electron chi connectivity index (χ2n) is 5.76. The number of para-hydroxylation sites is 1. The van der Waals surface area contributed by atoms with E-state index in [9.17, 15) is 4.79 Å². The Kier molecular flexibility index (Phi) is 5.63. The molecule has 7 heteroatoms. The number of carbonyl (C=O) groups is 1. The standard InChI is InChI=1S/C19H20ClN3O3/c1-3-23-16(15(20)10-22-23)11-21-19(24)18-9-8-14(26-18)12-25-17-7-5-4-6-13(17)2/h4-10H,3,11-12H2,1-2H3,(H,21,24). The molecule has 0 aliphatic rings. The molecule has 0 saturated heterocycles. The van der Waals surface area contributed by atoms with Crippen LogP contribution in [-0.4, -0.2) is 15.7 Å². The number of aryl methyl sites for hydroxylation is 2. The van der Waals surface area contributed by atoms with Crippen LogP contribution in [0.4, 0.5) is 0 Å². The summed E-state index contributed by atoms with van der Waals surface area (Å²) in [5.41, 5.74) is 1.80. The van der Waals surface area contributed by atoms with Gasteiger partial charge in [0, 0.05) is 6.54 Å². The predicted molar refractivity (Wildman–Crippen MR) is 98.3 cm³/mol. The molecule has 2 heterocycles. The summed E-state index contributed by atoms with van der Waals surface area (Å²) in [5, 5.41) is 7.46. The number of amides is 1. The molecule has 1 amide bonds. The predicted octanol–water partition coefficient (Wildman–Crippen LogP) is 3.97. The zero-order chi connectivity index (χ0) is 18.5. The molecule has 1 N–H and O–H groups in total. The van der Waals surface area contributed by atoms with Gasteiger partial charge >= 0.3 is 0 Å². The molecule has 6 nitrogen and oxygen atoms in total. The van der Waals surface area contributed by atoms with Gasteiger partial charge in [0.1, 0.15) is 18.1 Å². The number of hydrogen-bond acceptors (Lipinski definition) is 4. The summed E-state index contributed by atoms with van der Waals surface area (Å²) in [6.07, 6.45) is 1.57. The van der Waals surface area contributed by atoms with Crippen molar-refractivity contribution in [1.82, 2.24) is 15.1 Å². The van der Waals surface area contributed by atoms with E-state index in [1.165, 1.54) is 0 Å². The quantitative estimate of drug-likeness (QED) is 0.680. The van der Waals surface area contributed by atoms with Gasteiger partial charge in [-0.15, -0.1) is 0 Å². The van der Waals surface area contributed by atoms with Crippen molar-refractivity contribution in [1.29, 1.82) is 0 Å². The van der Waals surface area contributed by atoms with Crippen LogP contribution in [0.25, 0.3) is 0 Å². The molecule has 136 valence electrons. The number of hydrogen-bond donors (Lipinski definition) is 1. The van der Waals surface area contributed by atoms with Crippen LogP contribution >= 0.6 is 11.6 Å². The Morgan fingerprint density at radius 1 is 1.31 bits per heavy atom. The second kappa shape index (κ2) is 8.10. The fourth-order valence-electron chi connectivity index (χ4n) is 2.53. The van der Waals surface area contributed by atoms with Crippen molar-refractivity contribution in [2.24, 2.45) is 0 Å². The minimum absolute atomic E-state index is 0.229. The van der Waals surface area contributed by atoms with Gasteiger partial charge in [-0.05, 0) is 37.6 Å². The van der Waals surface area contributed by atoms with Crippen LogP contribution in [-0.2, 0) is 19.7 Å². The number of nitrogens with zero attached hydrogens (tertiary/aromatic N) is 2. The summed E-state index contributed by atoms with van der Waals surface area (Å²) < 4.78 is 13.0. The summed E-state index contributed by atoms with van der Waals surface area (Å²) in [6.45, 7) is 5.15. The van der Waals surface area contributed by atoms with E-state index < -0.39 is 0 Å². The van der Waals surface area contributed by atoms with Crippen molar-refractivity contribution in [3.05, 3.63) is 70.4 Å². The first-order valence-corrected chi connectivity index (χ1v) is 8.71. The molecular weight excluding hydrogens is 354 g/mol. The van der Waals surface area contributed by atoms with Gasteiger partial charge in [0.25, 0.3) is 5.91 Å². The SMILES string of the molecule is CCn1ncc(Cl)c1CNC(=O)c1ccc(COc2ccccc2C)o1. The third-order valence-corrected chi connectivity index (χ3v) is 4.28. The maximum atomic E-state index is 12.3. The fraction of sp³-hybridized carbons (Fsp3) is 0.263. The van der Waals surface area contributed by atoms with Gasteiger partial charge in [0.15, 0.2) is 5.76 Å². The molecule has 0 aliphatic heterocycles. The number of furan rings is 1. The number of halogens is 1. The number of rotatable bonds is 7. The Labute approximate surface area is 156 Å². The van der Waals surface area contributed by atoms with E-state index >= 15 is 0 Å². The van der Waals surface area contributed by atoms with Gasteiger partial charge in [-0.3, -0.25) is 9.48 Å². The first-order valence-electron chi connectivity index (χ1n) is 8.34. The molecule has 3 aromatic rings. The largest absolute Gasteiger partial charge is 0.485 e. The van der Waals surface area contributed by atoms with Crippen LogP contribution in [0, 0.1) is 6.92 Å². The maximum Gasteiger partial charge on any atom is 0.287 e. The van der Waals surface area contributed by atoms with E-state index in [0.29, 0.717) is 17.3 Å². The Bertz CT molecular complexity index is 901. The van der Waals surface area contributed by atoms with Crippen LogP contribution in [0.5, 0.6) is 5.75 Å². The highest BCUT2D eigenvalue weighted by Crippen LogP contribution is 2.19. The third kappa shape index (κ3) is 4.08. The summed E-state index contributed by atoms with van der Waals surface area (Å²) in [6, 6.07) is 11.1. The van der Waals surface area contributed by atoms with Crippen molar-refractivity contribution in [2.45, 2.75) is 33.5 Å². The van der Waals surface area contributed by atoms with Crippen LogP contribution in [0.15, 0.2) is 47.0 Å². The molecule has 0 fully saturated rings. The summed E-state index contributed by atoms with van der Waals surface area (Å²) in [5.74, 6) is 1.28. The van der Waals surface area contributed by atoms with E-state index in [4.69, 9.17) is 20.8 Å². The summed E-state index contributed by atoms with van der Waals surface area (Å²) >= 11 is 6.09. The summed E-state index contributed by atoms with van der Waals surface area (Å²) in [7, 11) is 0. The number of nitrogens with one attached hydrogen (secondary N) is 1. The molecule has 3 rings (SSSR count). The van der Waals surface area contributed by atoms with E-state index in [0.717, 1.165) is 17.0 Å². The maximum absolute atomic E-state index is 12.3. The third-order valence-electron chi connectivity index (χ3n) is 3.96. The smallest absolute Gasteiger partial charge is 0.287 e. The van der Waals surface area contributed by atoms with Gasteiger partial charge < -0.3 is 14.5 Å². The van der Waals surface area contributed by atoms with E-state index in [1.54, 1.807) is 23.0 Å². The van der Waals surface area contributed by atoms with E-state index in [2.05, 4.69) is 10.4 Å². The van der Waals surface area contributed by atoms with E-state index in [1.807, 2.05) is 38.1 Å². The van der Waals surface area contributed by atoms with Crippen LogP contribution in [0.1, 0.15) is 34.5 Å². The molecule has 0 unspecified atom stereocenters. The lowest BCUT2D eigenvalue weighted by Crippen LogP contribution is -2.24. The van der Waals surface area contributed by atoms with Crippen molar-refractivity contribution in [3.63, 3.8) is 0 Å². The number of benzene rings is 1. The van der Waals surface area contributed by atoms with Gasteiger partial charge in [0.05, 0.1) is 23.5 Å². The van der Waals surface area contributed by atoms with Gasteiger partial charge in [-0.25, -0.2) is 0 Å². The highest BCUT2D eigenvalue weighted by atomic mass is 35.5. The topological polar surface area (TPSA) is 69.3 Å². The fourth-order valence-corrected chi connectivity index (χ4v) is 2.74. The lowest BCUT2D eigenvalue weighted by molar-refractivity contribution is 0.0918. The zero-order valence-electron chi connectivity index (χ0n) is 14.7. The second-order valence-corrected chi connectivity index (χ2v) is 6.16. The lowest BCUT2D eigenvalue weighted by atomic mass is 10.2. The van der Waals surface area contributed by atoms with Crippen molar-refractivity contribution in [2.75, 3.05) is 0 Å². The van der Waals surface area contributed by atoms with Gasteiger partial charge in [-0.2, -0.15) is 5.10 Å². The monoisotopic (exact) mass is 373 g/mol. The van der Waals surface area contributed by atoms with Crippen LogP contribution in [0.2, 0.25) is 5.02 Å². The first-order chi connectivity index (χ1) is 12.6. The minimum Gasteiger partial charge on any atom is -0.485 e. The minimum atomic E-state index is -0.313. The van der Waals surface area contributed by atoms with Crippen molar-refractivity contribution < 1.29 is 13.9 Å². The molecule has 0 bridgehead atoms. The Hall–Kier alpha value is -2.73. The lowest BCUT2D eigenvalue weighted by Gasteiger charge is -2.07. The first kappa shape index (κ1) is 18.1. The summed E-state index contributed by atoms with van der Waals surface area (Å²) in [4.78, 5) is 12.3. The average Bonchev–Trinajstić information content (AvgIpc) is 3.25. The zero-order valence-corrected chi connectivity index (χ0v) is 15.4. The molecule has 26 heavy (non-hydrogen) atoms. The Morgan fingerprint density at radius 2 is 2.12 bits per heavy atom. The molecule has 0 atom stereocenters.